The maximum Gasteiger partial charge on any atom is 0.249 e. The number of carbonyl (C=O) groups is 1. The monoisotopic (exact) mass is 245 g/mol. The van der Waals surface area contributed by atoms with Gasteiger partial charge in [0.05, 0.1) is 7.11 Å². The maximum absolute atomic E-state index is 13.6. The molecular weight excluding hydrogens is 233 g/mol. The number of primary amides is 1. The number of nitrogens with two attached hydrogens (primary N) is 1. The number of rotatable bonds is 3. The van der Waals surface area contributed by atoms with Crippen molar-refractivity contribution < 1.29 is 13.9 Å². The third-order valence-electron chi connectivity index (χ3n) is 2.66. The van der Waals surface area contributed by atoms with Gasteiger partial charge in [-0.1, -0.05) is 24.3 Å². The van der Waals surface area contributed by atoms with E-state index in [2.05, 4.69) is 0 Å². The van der Waals surface area contributed by atoms with E-state index < -0.39 is 11.7 Å². The van der Waals surface area contributed by atoms with Crippen LogP contribution in [-0.2, 0) is 0 Å². The largest absolute Gasteiger partial charge is 0.494 e. The van der Waals surface area contributed by atoms with Crippen LogP contribution in [0.1, 0.15) is 10.4 Å². The highest BCUT2D eigenvalue weighted by atomic mass is 19.1. The SMILES string of the molecule is COc1ccc(-c2ccccc2C(N)=O)cc1F. The zero-order valence-corrected chi connectivity index (χ0v) is 9.81. The van der Waals surface area contributed by atoms with Crippen LogP contribution in [0.4, 0.5) is 4.39 Å². The molecule has 0 aromatic heterocycles. The minimum absolute atomic E-state index is 0.162. The molecule has 2 aromatic rings. The van der Waals surface area contributed by atoms with E-state index in [1.807, 2.05) is 0 Å². The van der Waals surface area contributed by atoms with Gasteiger partial charge >= 0.3 is 0 Å². The third-order valence-corrected chi connectivity index (χ3v) is 2.66. The Balaban J connectivity index is 2.55. The molecule has 0 aliphatic heterocycles. The summed E-state index contributed by atoms with van der Waals surface area (Å²) in [6, 6.07) is 11.3. The van der Waals surface area contributed by atoms with Crippen LogP contribution in [0.5, 0.6) is 5.75 Å². The molecule has 0 spiro atoms. The van der Waals surface area contributed by atoms with Gasteiger partial charge in [-0.3, -0.25) is 4.79 Å². The summed E-state index contributed by atoms with van der Waals surface area (Å²) in [6.07, 6.45) is 0. The van der Waals surface area contributed by atoms with E-state index in [9.17, 15) is 9.18 Å². The van der Waals surface area contributed by atoms with Crippen molar-refractivity contribution in [3.63, 3.8) is 0 Å². The molecule has 0 saturated carbocycles. The lowest BCUT2D eigenvalue weighted by atomic mass is 9.99. The van der Waals surface area contributed by atoms with Gasteiger partial charge in [0.15, 0.2) is 11.6 Å². The van der Waals surface area contributed by atoms with Gasteiger partial charge in [-0.15, -0.1) is 0 Å². The maximum atomic E-state index is 13.6. The number of halogens is 1. The number of benzene rings is 2. The van der Waals surface area contributed by atoms with Crippen molar-refractivity contribution in [2.75, 3.05) is 7.11 Å². The molecule has 0 unspecified atom stereocenters. The Morgan fingerprint density at radius 1 is 1.22 bits per heavy atom. The molecule has 2 rings (SSSR count). The van der Waals surface area contributed by atoms with Crippen LogP contribution in [0.2, 0.25) is 0 Å². The van der Waals surface area contributed by atoms with Crippen LogP contribution < -0.4 is 10.5 Å². The van der Waals surface area contributed by atoms with Crippen molar-refractivity contribution in [2.24, 2.45) is 5.73 Å². The smallest absolute Gasteiger partial charge is 0.249 e. The second kappa shape index (κ2) is 4.87. The number of carbonyl (C=O) groups excluding carboxylic acids is 1. The van der Waals surface area contributed by atoms with Gasteiger partial charge in [-0.25, -0.2) is 4.39 Å². The van der Waals surface area contributed by atoms with Crippen LogP contribution in [0.3, 0.4) is 0 Å². The molecule has 1 amide bonds. The van der Waals surface area contributed by atoms with Crippen molar-refractivity contribution in [1.82, 2.24) is 0 Å². The molecule has 0 atom stereocenters. The molecule has 0 fully saturated rings. The van der Waals surface area contributed by atoms with Gasteiger partial charge in [0, 0.05) is 5.56 Å². The Hall–Kier alpha value is -2.36. The molecule has 0 aliphatic rings. The Labute approximate surface area is 104 Å². The first kappa shape index (κ1) is 12.1. The molecular formula is C14H12FNO2. The predicted molar refractivity (Wildman–Crippen MR) is 66.9 cm³/mol. The molecule has 0 radical (unpaired) electrons. The van der Waals surface area contributed by atoms with E-state index in [1.54, 1.807) is 30.3 Å². The summed E-state index contributed by atoms with van der Waals surface area (Å²) in [7, 11) is 1.40. The van der Waals surface area contributed by atoms with Gasteiger partial charge in [0.2, 0.25) is 5.91 Å². The van der Waals surface area contributed by atoms with Crippen LogP contribution in [0.15, 0.2) is 42.5 Å². The predicted octanol–water partition coefficient (Wildman–Crippen LogP) is 2.60. The van der Waals surface area contributed by atoms with Crippen LogP contribution in [0.25, 0.3) is 11.1 Å². The average Bonchev–Trinajstić information content (AvgIpc) is 2.38. The summed E-state index contributed by atoms with van der Waals surface area (Å²) >= 11 is 0. The fourth-order valence-electron chi connectivity index (χ4n) is 1.78. The van der Waals surface area contributed by atoms with E-state index in [0.717, 1.165) is 0 Å². The molecule has 4 heteroatoms. The van der Waals surface area contributed by atoms with Crippen LogP contribution in [0, 0.1) is 5.82 Å². The summed E-state index contributed by atoms with van der Waals surface area (Å²) in [4.78, 5) is 11.3. The topological polar surface area (TPSA) is 52.3 Å². The van der Waals surface area contributed by atoms with Crippen LogP contribution >= 0.6 is 0 Å². The summed E-state index contributed by atoms with van der Waals surface area (Å²) in [5.41, 5.74) is 6.84. The second-order valence-electron chi connectivity index (χ2n) is 3.76. The molecule has 92 valence electrons. The summed E-state index contributed by atoms with van der Waals surface area (Å²) in [5, 5.41) is 0. The fraction of sp³-hybridized carbons (Fsp3) is 0.0714. The summed E-state index contributed by atoms with van der Waals surface area (Å²) in [6.45, 7) is 0. The Bertz CT molecular complexity index is 596. The van der Waals surface area contributed by atoms with E-state index in [1.165, 1.54) is 19.2 Å². The highest BCUT2D eigenvalue weighted by molar-refractivity contribution is 5.99. The Morgan fingerprint density at radius 2 is 1.94 bits per heavy atom. The lowest BCUT2D eigenvalue weighted by molar-refractivity contribution is 0.100. The summed E-state index contributed by atoms with van der Waals surface area (Å²) in [5.74, 6) is -0.855. The Kier molecular flexibility index (Phi) is 3.28. The first-order valence-corrected chi connectivity index (χ1v) is 5.36. The molecule has 2 N–H and O–H groups in total. The number of ether oxygens (including phenoxy) is 1. The Morgan fingerprint density at radius 3 is 2.56 bits per heavy atom. The van der Waals surface area contributed by atoms with Crippen LogP contribution in [-0.4, -0.2) is 13.0 Å². The van der Waals surface area contributed by atoms with Crippen molar-refractivity contribution in [1.29, 1.82) is 0 Å². The van der Waals surface area contributed by atoms with E-state index >= 15 is 0 Å². The molecule has 0 bridgehead atoms. The highest BCUT2D eigenvalue weighted by Crippen LogP contribution is 2.27. The molecule has 3 nitrogen and oxygen atoms in total. The lowest BCUT2D eigenvalue weighted by Gasteiger charge is -2.08. The number of hydrogen-bond acceptors (Lipinski definition) is 2. The molecule has 18 heavy (non-hydrogen) atoms. The standard InChI is InChI=1S/C14H12FNO2/c1-18-13-7-6-9(8-12(13)15)10-4-2-3-5-11(10)14(16)17/h2-8H,1H3,(H2,16,17). The van der Waals surface area contributed by atoms with Crippen molar-refractivity contribution in [2.45, 2.75) is 0 Å². The van der Waals surface area contributed by atoms with Crippen molar-refractivity contribution in [3.05, 3.63) is 53.8 Å². The minimum atomic E-state index is -0.540. The molecule has 0 saturated heterocycles. The zero-order chi connectivity index (χ0) is 13.1. The van der Waals surface area contributed by atoms with Crippen molar-refractivity contribution in [3.8, 4) is 16.9 Å². The van der Waals surface area contributed by atoms with Gasteiger partial charge < -0.3 is 10.5 Å². The summed E-state index contributed by atoms with van der Waals surface area (Å²) < 4.78 is 18.5. The van der Waals surface area contributed by atoms with E-state index in [0.29, 0.717) is 16.7 Å². The van der Waals surface area contributed by atoms with Gasteiger partial charge in [-0.2, -0.15) is 0 Å². The van der Waals surface area contributed by atoms with Gasteiger partial charge in [0.25, 0.3) is 0 Å². The molecule has 0 aliphatic carbocycles. The van der Waals surface area contributed by atoms with Gasteiger partial charge in [0.1, 0.15) is 0 Å². The number of amides is 1. The first-order valence-electron chi connectivity index (χ1n) is 5.36. The van der Waals surface area contributed by atoms with E-state index in [-0.39, 0.29) is 5.75 Å². The quantitative estimate of drug-likeness (QED) is 0.903. The van der Waals surface area contributed by atoms with E-state index in [4.69, 9.17) is 10.5 Å². The fourth-order valence-corrected chi connectivity index (χ4v) is 1.78. The second-order valence-corrected chi connectivity index (χ2v) is 3.76. The average molecular weight is 245 g/mol. The minimum Gasteiger partial charge on any atom is -0.494 e. The first-order chi connectivity index (χ1) is 8.63. The van der Waals surface area contributed by atoms with Crippen molar-refractivity contribution >= 4 is 5.91 Å². The number of hydrogen-bond donors (Lipinski definition) is 1. The normalized spacial score (nSPS) is 10.1. The molecule has 0 heterocycles. The van der Waals surface area contributed by atoms with Gasteiger partial charge in [-0.05, 0) is 29.3 Å². The lowest BCUT2D eigenvalue weighted by Crippen LogP contribution is -2.12. The highest BCUT2D eigenvalue weighted by Gasteiger charge is 2.11. The zero-order valence-electron chi connectivity index (χ0n) is 9.81. The molecule has 2 aromatic carbocycles. The third kappa shape index (κ3) is 2.18. The number of methoxy groups -OCH3 is 1.